The van der Waals surface area contributed by atoms with Gasteiger partial charge in [-0.25, -0.2) is 0 Å². The SMILES string of the molecule is O=C(N1CCC(Cc2ccccc2)C1)C1(O)CCC1. The van der Waals surface area contributed by atoms with E-state index in [1.807, 2.05) is 11.0 Å². The molecule has 3 rings (SSSR count). The number of aliphatic hydroxyl groups is 1. The van der Waals surface area contributed by atoms with Gasteiger partial charge in [0.2, 0.25) is 0 Å². The number of rotatable bonds is 3. The summed E-state index contributed by atoms with van der Waals surface area (Å²) in [6.45, 7) is 1.61. The number of carbonyl (C=O) groups is 1. The maximum Gasteiger partial charge on any atom is 0.254 e. The quantitative estimate of drug-likeness (QED) is 0.902. The van der Waals surface area contributed by atoms with E-state index in [1.54, 1.807) is 0 Å². The van der Waals surface area contributed by atoms with E-state index in [2.05, 4.69) is 24.3 Å². The summed E-state index contributed by atoms with van der Waals surface area (Å²) in [5.41, 5.74) is 0.311. The van der Waals surface area contributed by atoms with Crippen molar-refractivity contribution in [3.8, 4) is 0 Å². The van der Waals surface area contributed by atoms with E-state index in [-0.39, 0.29) is 5.91 Å². The minimum absolute atomic E-state index is 0.0330. The Hall–Kier alpha value is -1.35. The van der Waals surface area contributed by atoms with Crippen LogP contribution in [0.5, 0.6) is 0 Å². The molecule has 3 nitrogen and oxygen atoms in total. The Labute approximate surface area is 114 Å². The van der Waals surface area contributed by atoms with Gasteiger partial charge < -0.3 is 10.0 Å². The molecule has 1 aromatic carbocycles. The van der Waals surface area contributed by atoms with Gasteiger partial charge >= 0.3 is 0 Å². The standard InChI is InChI=1S/C16H21NO2/c18-15(16(19)8-4-9-16)17-10-7-14(12-17)11-13-5-2-1-3-6-13/h1-3,5-6,14,19H,4,7-12H2. The van der Waals surface area contributed by atoms with E-state index in [9.17, 15) is 9.90 Å². The van der Waals surface area contributed by atoms with E-state index in [1.165, 1.54) is 5.56 Å². The van der Waals surface area contributed by atoms with Gasteiger partial charge in [0.25, 0.3) is 5.91 Å². The lowest BCUT2D eigenvalue weighted by Gasteiger charge is -2.37. The van der Waals surface area contributed by atoms with E-state index in [0.29, 0.717) is 18.8 Å². The Bertz CT molecular complexity index is 453. The van der Waals surface area contributed by atoms with Gasteiger partial charge in [-0.1, -0.05) is 30.3 Å². The monoisotopic (exact) mass is 259 g/mol. The predicted octanol–water partition coefficient (Wildman–Crippen LogP) is 1.99. The second-order valence-corrected chi connectivity index (χ2v) is 5.98. The third-order valence-corrected chi connectivity index (χ3v) is 4.52. The highest BCUT2D eigenvalue weighted by molar-refractivity contribution is 5.86. The molecule has 1 saturated carbocycles. The lowest BCUT2D eigenvalue weighted by Crippen LogP contribution is -2.52. The van der Waals surface area contributed by atoms with Crippen LogP contribution in [0.1, 0.15) is 31.2 Å². The number of amides is 1. The fraction of sp³-hybridized carbons (Fsp3) is 0.562. The van der Waals surface area contributed by atoms with E-state index in [4.69, 9.17) is 0 Å². The van der Waals surface area contributed by atoms with Crippen molar-refractivity contribution in [3.05, 3.63) is 35.9 Å². The van der Waals surface area contributed by atoms with Crippen LogP contribution < -0.4 is 0 Å². The fourth-order valence-corrected chi connectivity index (χ4v) is 3.15. The van der Waals surface area contributed by atoms with Gasteiger partial charge in [0, 0.05) is 13.1 Å². The van der Waals surface area contributed by atoms with Crippen molar-refractivity contribution in [1.82, 2.24) is 4.90 Å². The first-order chi connectivity index (χ1) is 9.17. The molecule has 1 heterocycles. The molecule has 1 N–H and O–H groups in total. The number of benzene rings is 1. The average molecular weight is 259 g/mol. The van der Waals surface area contributed by atoms with Crippen LogP contribution in [-0.2, 0) is 11.2 Å². The summed E-state index contributed by atoms with van der Waals surface area (Å²) in [5, 5.41) is 10.1. The van der Waals surface area contributed by atoms with Crippen molar-refractivity contribution >= 4 is 5.91 Å². The second kappa shape index (κ2) is 4.97. The van der Waals surface area contributed by atoms with Crippen molar-refractivity contribution in [2.75, 3.05) is 13.1 Å². The van der Waals surface area contributed by atoms with Gasteiger partial charge in [0.15, 0.2) is 0 Å². The van der Waals surface area contributed by atoms with Crippen LogP contribution in [0.15, 0.2) is 30.3 Å². The number of hydrogen-bond acceptors (Lipinski definition) is 2. The molecule has 1 aromatic rings. The van der Waals surface area contributed by atoms with Crippen molar-refractivity contribution in [1.29, 1.82) is 0 Å². The topological polar surface area (TPSA) is 40.5 Å². The fourth-order valence-electron chi connectivity index (χ4n) is 3.15. The summed E-state index contributed by atoms with van der Waals surface area (Å²) in [4.78, 5) is 14.1. The van der Waals surface area contributed by atoms with Crippen LogP contribution in [0, 0.1) is 5.92 Å². The number of carbonyl (C=O) groups excluding carboxylic acids is 1. The van der Waals surface area contributed by atoms with Crippen LogP contribution in [0.4, 0.5) is 0 Å². The van der Waals surface area contributed by atoms with Crippen molar-refractivity contribution in [2.24, 2.45) is 5.92 Å². The Morgan fingerprint density at radius 3 is 2.68 bits per heavy atom. The molecule has 1 aliphatic heterocycles. The first-order valence-electron chi connectivity index (χ1n) is 7.23. The number of nitrogens with zero attached hydrogens (tertiary/aromatic N) is 1. The minimum atomic E-state index is -1.03. The number of likely N-dealkylation sites (tertiary alicyclic amines) is 1. The molecule has 1 unspecified atom stereocenters. The molecule has 1 aliphatic carbocycles. The summed E-state index contributed by atoms with van der Waals surface area (Å²) in [6.07, 6.45) is 4.35. The minimum Gasteiger partial charge on any atom is -0.380 e. The Morgan fingerprint density at radius 1 is 1.32 bits per heavy atom. The molecule has 3 heteroatoms. The van der Waals surface area contributed by atoms with Crippen molar-refractivity contribution < 1.29 is 9.90 Å². The maximum absolute atomic E-state index is 12.2. The molecule has 0 spiro atoms. The Kier molecular flexibility index (Phi) is 3.31. The van der Waals surface area contributed by atoms with Gasteiger partial charge in [0.1, 0.15) is 5.60 Å². The van der Waals surface area contributed by atoms with Crippen LogP contribution in [0.25, 0.3) is 0 Å². The summed E-state index contributed by atoms with van der Waals surface area (Å²) < 4.78 is 0. The zero-order valence-corrected chi connectivity index (χ0v) is 11.2. The maximum atomic E-state index is 12.2. The molecule has 0 aromatic heterocycles. The number of hydrogen-bond donors (Lipinski definition) is 1. The Morgan fingerprint density at radius 2 is 2.05 bits per heavy atom. The molecular weight excluding hydrogens is 238 g/mol. The molecule has 1 amide bonds. The smallest absolute Gasteiger partial charge is 0.254 e. The first kappa shape index (κ1) is 12.7. The third-order valence-electron chi connectivity index (χ3n) is 4.52. The molecule has 0 bridgehead atoms. The molecular formula is C16H21NO2. The van der Waals surface area contributed by atoms with E-state index >= 15 is 0 Å². The molecule has 2 aliphatic rings. The van der Waals surface area contributed by atoms with Crippen LogP contribution >= 0.6 is 0 Å². The molecule has 2 fully saturated rings. The van der Waals surface area contributed by atoms with Gasteiger partial charge in [0.05, 0.1) is 0 Å². The van der Waals surface area contributed by atoms with Gasteiger partial charge in [-0.2, -0.15) is 0 Å². The molecule has 19 heavy (non-hydrogen) atoms. The highest BCUT2D eigenvalue weighted by Gasteiger charge is 2.45. The van der Waals surface area contributed by atoms with E-state index in [0.717, 1.165) is 32.4 Å². The van der Waals surface area contributed by atoms with Gasteiger partial charge in [-0.05, 0) is 43.6 Å². The van der Waals surface area contributed by atoms with E-state index < -0.39 is 5.60 Å². The summed E-state index contributed by atoms with van der Waals surface area (Å²) in [6, 6.07) is 10.4. The largest absolute Gasteiger partial charge is 0.380 e. The summed E-state index contributed by atoms with van der Waals surface area (Å²) in [5.74, 6) is 0.504. The lowest BCUT2D eigenvalue weighted by molar-refractivity contribution is -0.159. The predicted molar refractivity (Wildman–Crippen MR) is 73.6 cm³/mol. The lowest BCUT2D eigenvalue weighted by atomic mass is 9.79. The van der Waals surface area contributed by atoms with Crippen molar-refractivity contribution in [3.63, 3.8) is 0 Å². The third kappa shape index (κ3) is 2.52. The highest BCUT2D eigenvalue weighted by atomic mass is 16.3. The van der Waals surface area contributed by atoms with Gasteiger partial charge in [-0.15, -0.1) is 0 Å². The zero-order valence-electron chi connectivity index (χ0n) is 11.2. The summed E-state index contributed by atoms with van der Waals surface area (Å²) in [7, 11) is 0. The molecule has 102 valence electrons. The molecule has 0 radical (unpaired) electrons. The Balaban J connectivity index is 1.57. The zero-order chi connectivity index (χ0) is 13.3. The molecule has 1 atom stereocenters. The first-order valence-corrected chi connectivity index (χ1v) is 7.23. The summed E-state index contributed by atoms with van der Waals surface area (Å²) >= 11 is 0. The van der Waals surface area contributed by atoms with Crippen LogP contribution in [0.3, 0.4) is 0 Å². The normalized spacial score (nSPS) is 25.1. The van der Waals surface area contributed by atoms with Crippen molar-refractivity contribution in [2.45, 2.75) is 37.7 Å². The second-order valence-electron chi connectivity index (χ2n) is 5.98. The van der Waals surface area contributed by atoms with Crippen LogP contribution in [0.2, 0.25) is 0 Å². The molecule has 1 saturated heterocycles. The average Bonchev–Trinajstić information content (AvgIpc) is 2.85. The van der Waals surface area contributed by atoms with Crippen LogP contribution in [-0.4, -0.2) is 34.6 Å². The van der Waals surface area contributed by atoms with Gasteiger partial charge in [-0.3, -0.25) is 4.79 Å². The highest BCUT2D eigenvalue weighted by Crippen LogP contribution is 2.35.